The maximum atomic E-state index is 5.34. The van der Waals surface area contributed by atoms with Gasteiger partial charge in [0.1, 0.15) is 0 Å². The van der Waals surface area contributed by atoms with Crippen molar-refractivity contribution in [2.24, 2.45) is 0 Å². The maximum Gasteiger partial charge on any atom is 0.0717 e. The smallest absolute Gasteiger partial charge is 0.0717 e. The third-order valence-corrected chi connectivity index (χ3v) is 3.48. The summed E-state index contributed by atoms with van der Waals surface area (Å²) in [5, 5.41) is 8.07. The Balaban J connectivity index is 2.28. The molecule has 0 radical (unpaired) electrons. The lowest BCUT2D eigenvalue weighted by Crippen LogP contribution is -2.01. The van der Waals surface area contributed by atoms with Crippen molar-refractivity contribution in [2.45, 2.75) is 6.92 Å². The number of fused-ring (bicyclic) bond motifs is 2. The van der Waals surface area contributed by atoms with Crippen molar-refractivity contribution in [3.8, 4) is 0 Å². The molecule has 0 amide bonds. The van der Waals surface area contributed by atoms with E-state index in [0.717, 1.165) is 16.8 Å². The van der Waals surface area contributed by atoms with E-state index in [1.807, 2.05) is 20.0 Å². The molecule has 20 heavy (non-hydrogen) atoms. The quantitative estimate of drug-likeness (QED) is 0.542. The first-order chi connectivity index (χ1) is 9.83. The summed E-state index contributed by atoms with van der Waals surface area (Å²) < 4.78 is 0. The van der Waals surface area contributed by atoms with Crippen LogP contribution in [0, 0.1) is 0 Å². The second-order valence-electron chi connectivity index (χ2n) is 4.69. The van der Waals surface area contributed by atoms with Gasteiger partial charge in [0.05, 0.1) is 12.3 Å². The van der Waals surface area contributed by atoms with E-state index in [-0.39, 0.29) is 0 Å². The maximum absolute atomic E-state index is 5.34. The molecule has 0 atom stereocenters. The summed E-state index contributed by atoms with van der Waals surface area (Å²) in [5.41, 5.74) is 5.14. The van der Waals surface area contributed by atoms with Gasteiger partial charge in [0.15, 0.2) is 0 Å². The summed E-state index contributed by atoms with van der Waals surface area (Å²) >= 11 is 0. The van der Waals surface area contributed by atoms with Crippen molar-refractivity contribution < 1.29 is 4.84 Å². The van der Waals surface area contributed by atoms with Crippen LogP contribution in [0.25, 0.3) is 21.5 Å². The molecule has 0 unspecified atom stereocenters. The normalized spacial score (nSPS) is 10.9. The Labute approximate surface area is 118 Å². The van der Waals surface area contributed by atoms with Gasteiger partial charge in [-0.25, -0.2) is 0 Å². The van der Waals surface area contributed by atoms with Gasteiger partial charge in [-0.1, -0.05) is 24.3 Å². The van der Waals surface area contributed by atoms with Crippen LogP contribution in [0.4, 0.5) is 11.4 Å². The van der Waals surface area contributed by atoms with Gasteiger partial charge in [-0.2, -0.15) is 0 Å². The highest BCUT2D eigenvalue weighted by molar-refractivity contribution is 6.08. The SMILES string of the molecule is CCONc1ccc(NC)c2cc3ccccc3cc12. The van der Waals surface area contributed by atoms with Gasteiger partial charge >= 0.3 is 0 Å². The fourth-order valence-electron chi connectivity index (χ4n) is 2.49. The summed E-state index contributed by atoms with van der Waals surface area (Å²) in [4.78, 5) is 5.34. The van der Waals surface area contributed by atoms with Crippen LogP contribution in [-0.4, -0.2) is 13.7 Å². The summed E-state index contributed by atoms with van der Waals surface area (Å²) in [6.07, 6.45) is 0. The molecule has 3 aromatic rings. The molecule has 0 bridgehead atoms. The molecule has 3 heteroatoms. The minimum absolute atomic E-state index is 0.628. The molecule has 0 fully saturated rings. The fourth-order valence-corrected chi connectivity index (χ4v) is 2.49. The first kappa shape index (κ1) is 12.8. The Morgan fingerprint density at radius 1 is 0.900 bits per heavy atom. The largest absolute Gasteiger partial charge is 0.388 e. The van der Waals surface area contributed by atoms with Crippen molar-refractivity contribution in [1.29, 1.82) is 0 Å². The number of anilines is 2. The second-order valence-corrected chi connectivity index (χ2v) is 4.69. The highest BCUT2D eigenvalue weighted by Crippen LogP contribution is 2.33. The topological polar surface area (TPSA) is 33.3 Å². The van der Waals surface area contributed by atoms with E-state index in [1.54, 1.807) is 0 Å². The molecule has 0 aliphatic carbocycles. The van der Waals surface area contributed by atoms with Crippen molar-refractivity contribution in [3.63, 3.8) is 0 Å². The molecular formula is C17H18N2O. The van der Waals surface area contributed by atoms with E-state index in [2.05, 4.69) is 53.3 Å². The fraction of sp³-hybridized carbons (Fsp3) is 0.176. The molecule has 0 aliphatic rings. The molecule has 0 saturated carbocycles. The minimum atomic E-state index is 0.628. The van der Waals surface area contributed by atoms with Crippen LogP contribution in [-0.2, 0) is 4.84 Å². The van der Waals surface area contributed by atoms with E-state index < -0.39 is 0 Å². The average Bonchev–Trinajstić information content (AvgIpc) is 2.50. The van der Waals surface area contributed by atoms with Crippen LogP contribution in [0.15, 0.2) is 48.5 Å². The van der Waals surface area contributed by atoms with E-state index in [9.17, 15) is 0 Å². The highest BCUT2D eigenvalue weighted by Gasteiger charge is 2.07. The molecule has 3 rings (SSSR count). The van der Waals surface area contributed by atoms with Gasteiger partial charge in [0, 0.05) is 23.5 Å². The average molecular weight is 266 g/mol. The minimum Gasteiger partial charge on any atom is -0.388 e. The van der Waals surface area contributed by atoms with Crippen molar-refractivity contribution in [3.05, 3.63) is 48.5 Å². The Hall–Kier alpha value is -2.26. The van der Waals surface area contributed by atoms with Crippen LogP contribution in [0.3, 0.4) is 0 Å². The molecule has 2 N–H and O–H groups in total. The third kappa shape index (κ3) is 2.17. The zero-order chi connectivity index (χ0) is 13.9. The van der Waals surface area contributed by atoms with E-state index in [0.29, 0.717) is 6.61 Å². The Bertz CT molecular complexity index is 752. The van der Waals surface area contributed by atoms with Crippen LogP contribution in [0.2, 0.25) is 0 Å². The van der Waals surface area contributed by atoms with E-state index >= 15 is 0 Å². The highest BCUT2D eigenvalue weighted by atomic mass is 16.6. The molecule has 102 valence electrons. The zero-order valence-electron chi connectivity index (χ0n) is 11.7. The summed E-state index contributed by atoms with van der Waals surface area (Å²) in [6, 6.07) is 16.9. The predicted molar refractivity (Wildman–Crippen MR) is 86.2 cm³/mol. The van der Waals surface area contributed by atoms with Gasteiger partial charge < -0.3 is 5.32 Å². The zero-order valence-corrected chi connectivity index (χ0v) is 11.7. The van der Waals surface area contributed by atoms with Crippen LogP contribution in [0.1, 0.15) is 6.92 Å². The molecule has 0 spiro atoms. The molecule has 0 aromatic heterocycles. The standard InChI is InChI=1S/C17H18N2O/c1-3-20-19-17-9-8-16(18-2)14-10-12-6-4-5-7-13(12)11-15(14)17/h4-11,18-19H,3H2,1-2H3. The number of rotatable bonds is 4. The second kappa shape index (κ2) is 5.39. The molecule has 3 nitrogen and oxygen atoms in total. The molecule has 0 heterocycles. The van der Waals surface area contributed by atoms with Crippen LogP contribution < -0.4 is 10.8 Å². The molecule has 3 aromatic carbocycles. The van der Waals surface area contributed by atoms with E-state index in [4.69, 9.17) is 4.84 Å². The monoisotopic (exact) mass is 266 g/mol. The summed E-state index contributed by atoms with van der Waals surface area (Å²) in [7, 11) is 1.94. The molecule has 0 saturated heterocycles. The predicted octanol–water partition coefficient (Wildman–Crippen LogP) is 4.40. The number of nitrogens with one attached hydrogen (secondary N) is 2. The number of benzene rings is 3. The summed E-state index contributed by atoms with van der Waals surface area (Å²) in [5.74, 6) is 0. The van der Waals surface area contributed by atoms with Crippen LogP contribution in [0.5, 0.6) is 0 Å². The summed E-state index contributed by atoms with van der Waals surface area (Å²) in [6.45, 7) is 2.59. The molecule has 0 aliphatic heterocycles. The van der Waals surface area contributed by atoms with Gasteiger partial charge in [-0.05, 0) is 42.0 Å². The van der Waals surface area contributed by atoms with E-state index in [1.165, 1.54) is 16.2 Å². The van der Waals surface area contributed by atoms with Crippen LogP contribution >= 0.6 is 0 Å². The van der Waals surface area contributed by atoms with Gasteiger partial charge in [0.2, 0.25) is 0 Å². The Morgan fingerprint density at radius 3 is 2.10 bits per heavy atom. The first-order valence-electron chi connectivity index (χ1n) is 6.84. The first-order valence-corrected chi connectivity index (χ1v) is 6.84. The number of hydrogen-bond donors (Lipinski definition) is 2. The van der Waals surface area contributed by atoms with Crippen molar-refractivity contribution >= 4 is 32.9 Å². The van der Waals surface area contributed by atoms with Crippen molar-refractivity contribution in [1.82, 2.24) is 0 Å². The lowest BCUT2D eigenvalue weighted by molar-refractivity contribution is 0.211. The van der Waals surface area contributed by atoms with Gasteiger partial charge in [-0.3, -0.25) is 10.3 Å². The lowest BCUT2D eigenvalue weighted by Gasteiger charge is -2.13. The molecular weight excluding hydrogens is 248 g/mol. The Kier molecular flexibility index (Phi) is 3.44. The van der Waals surface area contributed by atoms with Gasteiger partial charge in [-0.15, -0.1) is 0 Å². The van der Waals surface area contributed by atoms with Crippen molar-refractivity contribution in [2.75, 3.05) is 24.5 Å². The number of hydrogen-bond acceptors (Lipinski definition) is 3. The Morgan fingerprint density at radius 2 is 1.50 bits per heavy atom. The third-order valence-electron chi connectivity index (χ3n) is 3.48. The lowest BCUT2D eigenvalue weighted by atomic mass is 10.0. The van der Waals surface area contributed by atoms with Gasteiger partial charge in [0.25, 0.3) is 0 Å².